The van der Waals surface area contributed by atoms with Crippen molar-refractivity contribution < 1.29 is 37.8 Å². The van der Waals surface area contributed by atoms with Crippen LogP contribution in [-0.2, 0) is 72.6 Å². The van der Waals surface area contributed by atoms with Crippen molar-refractivity contribution in [2.45, 2.75) is 130 Å². The minimum absolute atomic E-state index is 0. The van der Waals surface area contributed by atoms with E-state index in [0.717, 1.165) is 133 Å². The fourth-order valence-corrected chi connectivity index (χ4v) is 11.6. The number of imidazole rings is 2. The Morgan fingerprint density at radius 1 is 0.652 bits per heavy atom. The number of esters is 2. The summed E-state index contributed by atoms with van der Waals surface area (Å²) in [6.07, 6.45) is 19.3. The summed E-state index contributed by atoms with van der Waals surface area (Å²) in [6.45, 7) is 5.66. The third-order valence-corrected chi connectivity index (χ3v) is 15.8. The van der Waals surface area contributed by atoms with E-state index in [1.165, 1.54) is 0 Å². The fourth-order valence-electron chi connectivity index (χ4n) is 11.6. The van der Waals surface area contributed by atoms with Crippen LogP contribution in [0.25, 0.3) is 21.8 Å². The first-order valence-electron chi connectivity index (χ1n) is 24.5. The van der Waals surface area contributed by atoms with Gasteiger partial charge in [-0.1, -0.05) is 62.1 Å². The van der Waals surface area contributed by atoms with Crippen LogP contribution < -0.4 is 20.2 Å². The summed E-state index contributed by atoms with van der Waals surface area (Å²) in [5, 5.41) is 5.38. The van der Waals surface area contributed by atoms with Crippen LogP contribution in [0.5, 0.6) is 0 Å². The summed E-state index contributed by atoms with van der Waals surface area (Å²) in [7, 11) is 6.03. The van der Waals surface area contributed by atoms with Gasteiger partial charge in [-0.15, -0.1) is 24.8 Å². The van der Waals surface area contributed by atoms with Crippen LogP contribution >= 0.6 is 24.8 Å². The number of ketones is 2. The quantitative estimate of drug-likeness (QED) is 0.102. The van der Waals surface area contributed by atoms with E-state index in [0.29, 0.717) is 13.1 Å². The molecule has 10 rings (SSSR count). The summed E-state index contributed by atoms with van der Waals surface area (Å²) in [5.41, 5.74) is 12.4. The Morgan fingerprint density at radius 2 is 1.09 bits per heavy atom. The summed E-state index contributed by atoms with van der Waals surface area (Å²) < 4.78 is 23.7. The van der Waals surface area contributed by atoms with E-state index in [-0.39, 0.29) is 97.5 Å². The Hall–Kier alpha value is -5.28. The van der Waals surface area contributed by atoms with Crippen LogP contribution in [0, 0.1) is 37.5 Å². The average molecular weight is 986 g/mol. The van der Waals surface area contributed by atoms with Crippen LogP contribution in [0.1, 0.15) is 108 Å². The molecule has 6 atom stereocenters. The lowest BCUT2D eigenvalue weighted by atomic mass is 9.84. The van der Waals surface area contributed by atoms with Gasteiger partial charge in [-0.2, -0.15) is 9.13 Å². The second kappa shape index (κ2) is 22.2. The molecule has 0 bridgehead atoms. The lowest BCUT2D eigenvalue weighted by Gasteiger charge is -2.29. The number of ether oxygens (including phenoxy) is 2. The molecule has 0 radical (unpaired) electrons. The van der Waals surface area contributed by atoms with E-state index in [4.69, 9.17) is 15.2 Å². The molecule has 2 fully saturated rings. The molecule has 14 nitrogen and oxygen atoms in total. The van der Waals surface area contributed by atoms with Crippen LogP contribution in [-0.4, -0.2) is 60.9 Å². The van der Waals surface area contributed by atoms with Gasteiger partial charge in [0, 0.05) is 84.3 Å². The number of para-hydroxylation sites is 2. The lowest BCUT2D eigenvalue weighted by Crippen LogP contribution is -2.44. The SMILES string of the molecule is CN[C@@H]1CCCC[C@H]1C(=O)OC[n+]1ccn(CC2CCc3c(c4ccccc4n3C)C2=O)c1C.Cc1n(CC2CCc3c(c4ccccc4n3C)C2=O)cc[n+]1COC(=O)[C@@H]1CCCC[C@H]1N.Cl.Cl. The first-order chi connectivity index (χ1) is 32.4. The van der Waals surface area contributed by atoms with E-state index < -0.39 is 0 Å². The average Bonchev–Trinajstić information content (AvgIpc) is 4.06. The molecule has 4 heterocycles. The van der Waals surface area contributed by atoms with E-state index in [2.05, 4.69) is 61.9 Å². The molecule has 0 amide bonds. The summed E-state index contributed by atoms with van der Waals surface area (Å²) >= 11 is 0. The first kappa shape index (κ1) is 51.6. The van der Waals surface area contributed by atoms with E-state index in [1.54, 1.807) is 0 Å². The van der Waals surface area contributed by atoms with Gasteiger partial charge in [0.15, 0.2) is 11.6 Å². The maximum absolute atomic E-state index is 13.5. The van der Waals surface area contributed by atoms with Crippen molar-refractivity contribution in [3.63, 3.8) is 0 Å². The highest BCUT2D eigenvalue weighted by atomic mass is 35.5. The molecule has 0 saturated heterocycles. The monoisotopic (exact) mass is 984 g/mol. The largest absolute Gasteiger partial charge is 0.424 e. The van der Waals surface area contributed by atoms with Gasteiger partial charge in [-0.05, 0) is 70.5 Å². The van der Waals surface area contributed by atoms with E-state index in [9.17, 15) is 19.2 Å². The fraction of sp³-hybridized carbons (Fsp3) is 0.509. The molecular weight excluding hydrogens is 916 g/mol. The molecule has 0 aliphatic heterocycles. The highest BCUT2D eigenvalue weighted by molar-refractivity contribution is 6.12. The number of hydrogen-bond acceptors (Lipinski definition) is 8. The van der Waals surface area contributed by atoms with Gasteiger partial charge in [-0.3, -0.25) is 19.2 Å². The van der Waals surface area contributed by atoms with Crippen molar-refractivity contribution in [1.82, 2.24) is 23.6 Å². The van der Waals surface area contributed by atoms with Gasteiger partial charge >= 0.3 is 11.9 Å². The Balaban J connectivity index is 0.000000198. The summed E-state index contributed by atoms with van der Waals surface area (Å²) in [6, 6.07) is 16.4. The van der Waals surface area contributed by atoms with Crippen LogP contribution in [0.4, 0.5) is 0 Å². The molecule has 6 aromatic rings. The first-order valence-corrected chi connectivity index (χ1v) is 24.5. The number of aryl methyl sites for hydroxylation is 2. The predicted molar refractivity (Wildman–Crippen MR) is 268 cm³/mol. The molecule has 4 aliphatic carbocycles. The Labute approximate surface area is 417 Å². The standard InChI is InChI=1S/C27H35N4O3.C26H33N4O3.2ClH/c1-18-30(14-15-31(18)17-34-27(33)20-8-4-6-10-22(20)28-2)16-19-12-13-24-25(26(19)32)21-9-5-7-11-23(21)29(24)3;1-17-29(13-14-30(17)16-33-26(32)19-7-3-5-9-21(19)27)15-18-11-12-23-24(25(18)31)20-8-4-6-10-22(20)28(23)2;;/h5,7,9,11,14-15,19-20,22,28H,4,6,8,10,12-13,16-17H2,1-3H3;4,6,8,10,13-14,18-19,21H,3,5,7,9,11-12,15-16,27H2,1-2H3;2*1H/q2*+1;;/t19?,20-,22-;18?,19-,21-;;/m11../s1. The molecule has 2 aromatic carbocycles. The number of carbonyl (C=O) groups is 4. The van der Waals surface area contributed by atoms with Crippen LogP contribution in [0.15, 0.2) is 73.3 Å². The lowest BCUT2D eigenvalue weighted by molar-refractivity contribution is -0.733. The third-order valence-electron chi connectivity index (χ3n) is 15.8. The zero-order valence-corrected chi connectivity index (χ0v) is 42.4. The highest BCUT2D eigenvalue weighted by Crippen LogP contribution is 2.36. The maximum Gasteiger partial charge on any atom is 0.313 e. The van der Waals surface area contributed by atoms with Crippen LogP contribution in [0.3, 0.4) is 0 Å². The second-order valence-electron chi connectivity index (χ2n) is 19.5. The topological polar surface area (TPSA) is 152 Å². The van der Waals surface area contributed by atoms with Gasteiger partial charge < -0.3 is 29.7 Å². The third kappa shape index (κ3) is 10.2. The van der Waals surface area contributed by atoms with Gasteiger partial charge in [0.25, 0.3) is 11.6 Å². The number of rotatable bonds is 11. The number of nitrogens with one attached hydrogen (secondary N) is 1. The van der Waals surface area contributed by atoms with Crippen molar-refractivity contribution in [3.8, 4) is 0 Å². The molecular formula is C53H70Cl2N8O6+2. The minimum Gasteiger partial charge on any atom is -0.424 e. The molecule has 2 unspecified atom stereocenters. The maximum atomic E-state index is 13.5. The van der Waals surface area contributed by atoms with E-state index in [1.807, 2.05) is 79.1 Å². The molecule has 370 valence electrons. The molecule has 0 spiro atoms. The van der Waals surface area contributed by atoms with Crippen molar-refractivity contribution in [2.24, 2.45) is 43.5 Å². The predicted octanol–water partition coefficient (Wildman–Crippen LogP) is 7.18. The van der Waals surface area contributed by atoms with Gasteiger partial charge in [0.2, 0.25) is 13.5 Å². The second-order valence-corrected chi connectivity index (χ2v) is 19.5. The summed E-state index contributed by atoms with van der Waals surface area (Å²) in [4.78, 5) is 52.2. The molecule has 2 saturated carbocycles. The Kier molecular flexibility index (Phi) is 16.6. The zero-order chi connectivity index (χ0) is 46.9. The normalized spacial score (nSPS) is 22.2. The number of nitrogens with zero attached hydrogens (tertiary/aromatic N) is 6. The van der Waals surface area contributed by atoms with Gasteiger partial charge in [0.1, 0.15) is 37.9 Å². The smallest absolute Gasteiger partial charge is 0.313 e. The molecule has 3 N–H and O–H groups in total. The molecule has 69 heavy (non-hydrogen) atoms. The van der Waals surface area contributed by atoms with E-state index >= 15 is 0 Å². The van der Waals surface area contributed by atoms with Crippen molar-refractivity contribution in [3.05, 3.63) is 107 Å². The molecule has 4 aliphatic rings. The minimum atomic E-state index is -0.201. The number of hydrogen-bond donors (Lipinski definition) is 2. The van der Waals surface area contributed by atoms with Crippen molar-refractivity contribution in [2.75, 3.05) is 7.05 Å². The number of carbonyl (C=O) groups excluding carboxylic acids is 4. The summed E-state index contributed by atoms with van der Waals surface area (Å²) in [5.74, 6) is 1.70. The van der Waals surface area contributed by atoms with Crippen LogP contribution in [0.2, 0.25) is 0 Å². The number of aromatic nitrogens is 6. The molecule has 16 heteroatoms. The number of benzene rings is 2. The Bertz CT molecular complexity index is 2820. The zero-order valence-electron chi connectivity index (χ0n) is 40.7. The van der Waals surface area contributed by atoms with Crippen molar-refractivity contribution in [1.29, 1.82) is 0 Å². The number of Topliss-reactive ketones (excluding diaryl/α,β-unsaturated/α-hetero) is 2. The van der Waals surface area contributed by atoms with Crippen molar-refractivity contribution >= 4 is 70.1 Å². The highest BCUT2D eigenvalue weighted by Gasteiger charge is 2.37. The number of nitrogens with two attached hydrogens (primary N) is 1. The number of fused-ring (bicyclic) bond motifs is 6. The van der Waals surface area contributed by atoms with Gasteiger partial charge in [0.05, 0.1) is 23.7 Å². The Morgan fingerprint density at radius 3 is 1.57 bits per heavy atom. The molecule has 4 aromatic heterocycles. The number of halogens is 2. The van der Waals surface area contributed by atoms with Gasteiger partial charge in [-0.25, -0.2) is 9.13 Å².